The van der Waals surface area contributed by atoms with Gasteiger partial charge in [-0.1, -0.05) is 30.3 Å². The highest BCUT2D eigenvalue weighted by Crippen LogP contribution is 2.19. The van der Waals surface area contributed by atoms with E-state index in [1.165, 1.54) is 23.2 Å². The average molecular weight is 358 g/mol. The topological polar surface area (TPSA) is 109 Å². The first-order chi connectivity index (χ1) is 11.8. The number of amides is 3. The van der Waals surface area contributed by atoms with Crippen LogP contribution in [-0.2, 0) is 21.2 Å². The molecule has 3 rings (SSSR count). The standard InChI is InChI=1S/C16H14N4O4S/c1-25(23,24)15-17-8-7-12(18-15)9-13-14(21)19-16(22)20(13)10-11-5-3-2-4-6-11/h2-9H,10H2,1H3,(H,19,21,22)/b13-9+. The molecule has 9 heteroatoms. The second-order valence-electron chi connectivity index (χ2n) is 5.40. The van der Waals surface area contributed by atoms with Crippen LogP contribution >= 0.6 is 0 Å². The predicted molar refractivity (Wildman–Crippen MR) is 88.6 cm³/mol. The fourth-order valence-corrected chi connectivity index (χ4v) is 2.80. The highest BCUT2D eigenvalue weighted by atomic mass is 32.2. The van der Waals surface area contributed by atoms with E-state index < -0.39 is 21.8 Å². The minimum absolute atomic E-state index is 0.0898. The summed E-state index contributed by atoms with van der Waals surface area (Å²) >= 11 is 0. The molecule has 0 bridgehead atoms. The third-order valence-electron chi connectivity index (χ3n) is 3.44. The number of hydrogen-bond donors (Lipinski definition) is 1. The first-order valence-corrected chi connectivity index (χ1v) is 9.15. The van der Waals surface area contributed by atoms with Gasteiger partial charge in [-0.2, -0.15) is 0 Å². The van der Waals surface area contributed by atoms with Gasteiger partial charge >= 0.3 is 6.03 Å². The van der Waals surface area contributed by atoms with Gasteiger partial charge in [0.15, 0.2) is 0 Å². The number of nitrogens with zero attached hydrogens (tertiary/aromatic N) is 3. The fraction of sp³-hybridized carbons (Fsp3) is 0.125. The third kappa shape index (κ3) is 3.72. The van der Waals surface area contributed by atoms with E-state index in [4.69, 9.17) is 0 Å². The van der Waals surface area contributed by atoms with Crippen LogP contribution in [0, 0.1) is 0 Å². The van der Waals surface area contributed by atoms with Gasteiger partial charge in [0.25, 0.3) is 5.91 Å². The van der Waals surface area contributed by atoms with E-state index in [0.29, 0.717) is 0 Å². The number of imide groups is 1. The summed E-state index contributed by atoms with van der Waals surface area (Å²) in [7, 11) is -3.58. The zero-order valence-corrected chi connectivity index (χ0v) is 14.0. The van der Waals surface area contributed by atoms with Gasteiger partial charge in [0.05, 0.1) is 12.2 Å². The molecule has 2 heterocycles. The molecular weight excluding hydrogens is 344 g/mol. The number of rotatable bonds is 4. The van der Waals surface area contributed by atoms with Crippen LogP contribution in [0.3, 0.4) is 0 Å². The van der Waals surface area contributed by atoms with Crippen molar-refractivity contribution < 1.29 is 18.0 Å². The maximum Gasteiger partial charge on any atom is 0.329 e. The summed E-state index contributed by atoms with van der Waals surface area (Å²) < 4.78 is 23.1. The van der Waals surface area contributed by atoms with Crippen LogP contribution in [0.15, 0.2) is 53.4 Å². The van der Waals surface area contributed by atoms with Gasteiger partial charge in [-0.3, -0.25) is 15.0 Å². The molecule has 1 aromatic heterocycles. The molecule has 25 heavy (non-hydrogen) atoms. The molecular formula is C16H14N4O4S. The summed E-state index contributed by atoms with van der Waals surface area (Å²) in [5.74, 6) is -0.569. The Kier molecular flexibility index (Phi) is 4.32. The number of hydrogen-bond acceptors (Lipinski definition) is 6. The van der Waals surface area contributed by atoms with E-state index in [1.54, 1.807) is 0 Å². The Morgan fingerprint density at radius 2 is 1.88 bits per heavy atom. The number of carbonyl (C=O) groups is 2. The lowest BCUT2D eigenvalue weighted by molar-refractivity contribution is -0.116. The van der Waals surface area contributed by atoms with Crippen LogP contribution in [-0.4, -0.2) is 41.5 Å². The van der Waals surface area contributed by atoms with E-state index in [2.05, 4.69) is 15.3 Å². The summed E-state index contributed by atoms with van der Waals surface area (Å²) in [6, 6.07) is 10.1. The van der Waals surface area contributed by atoms with E-state index in [9.17, 15) is 18.0 Å². The summed E-state index contributed by atoms with van der Waals surface area (Å²) in [6.07, 6.45) is 3.64. The first-order valence-electron chi connectivity index (χ1n) is 7.26. The number of nitrogens with one attached hydrogen (secondary N) is 1. The summed E-state index contributed by atoms with van der Waals surface area (Å²) in [4.78, 5) is 33.0. The molecule has 1 saturated heterocycles. The van der Waals surface area contributed by atoms with Crippen LogP contribution in [0.1, 0.15) is 11.3 Å². The number of carbonyl (C=O) groups excluding carboxylic acids is 2. The van der Waals surface area contributed by atoms with Gasteiger partial charge in [-0.25, -0.2) is 23.2 Å². The highest BCUT2D eigenvalue weighted by Gasteiger charge is 2.33. The molecule has 0 atom stereocenters. The smallest absolute Gasteiger partial charge is 0.284 e. The molecule has 0 unspecified atom stereocenters. The molecule has 1 aliphatic rings. The lowest BCUT2D eigenvalue weighted by atomic mass is 10.2. The summed E-state index contributed by atoms with van der Waals surface area (Å²) in [6.45, 7) is 0.203. The molecule has 128 valence electrons. The van der Waals surface area contributed by atoms with Gasteiger partial charge < -0.3 is 0 Å². The van der Waals surface area contributed by atoms with Crippen molar-refractivity contribution in [3.05, 3.63) is 59.5 Å². The Balaban J connectivity index is 1.97. The number of benzene rings is 1. The Hall–Kier alpha value is -3.07. The van der Waals surface area contributed by atoms with Crippen molar-refractivity contribution in [1.82, 2.24) is 20.2 Å². The van der Waals surface area contributed by atoms with E-state index in [1.807, 2.05) is 30.3 Å². The lowest BCUT2D eigenvalue weighted by Gasteiger charge is -2.15. The fourth-order valence-electron chi connectivity index (χ4n) is 2.28. The third-order valence-corrected chi connectivity index (χ3v) is 4.30. The molecule has 3 amide bonds. The van der Waals surface area contributed by atoms with Crippen molar-refractivity contribution >= 4 is 27.9 Å². The second kappa shape index (κ2) is 6.44. The molecule has 1 aliphatic heterocycles. The Bertz CT molecular complexity index is 971. The predicted octanol–water partition coefficient (Wildman–Crippen LogP) is 0.973. The summed E-state index contributed by atoms with van der Waals surface area (Å²) in [5, 5.41) is 1.87. The molecule has 0 saturated carbocycles. The quantitative estimate of drug-likeness (QED) is 0.495. The van der Waals surface area contributed by atoms with Crippen LogP contribution < -0.4 is 5.32 Å². The van der Waals surface area contributed by atoms with E-state index in [0.717, 1.165) is 11.8 Å². The average Bonchev–Trinajstić information content (AvgIpc) is 2.82. The molecule has 1 N–H and O–H groups in total. The molecule has 1 aromatic carbocycles. The Morgan fingerprint density at radius 3 is 2.56 bits per heavy atom. The van der Waals surface area contributed by atoms with E-state index >= 15 is 0 Å². The number of urea groups is 1. The van der Waals surface area contributed by atoms with Gasteiger partial charge in [0, 0.05) is 12.5 Å². The van der Waals surface area contributed by atoms with Gasteiger partial charge in [-0.15, -0.1) is 0 Å². The van der Waals surface area contributed by atoms with Crippen LogP contribution in [0.2, 0.25) is 0 Å². The molecule has 0 radical (unpaired) electrons. The van der Waals surface area contributed by atoms with Crippen molar-refractivity contribution in [3.8, 4) is 0 Å². The number of aromatic nitrogens is 2. The largest absolute Gasteiger partial charge is 0.329 e. The zero-order chi connectivity index (χ0) is 18.0. The second-order valence-corrected chi connectivity index (χ2v) is 7.31. The van der Waals surface area contributed by atoms with E-state index in [-0.39, 0.29) is 23.1 Å². The minimum Gasteiger partial charge on any atom is -0.284 e. The maximum absolute atomic E-state index is 12.1. The van der Waals surface area contributed by atoms with Gasteiger partial charge in [0.1, 0.15) is 5.70 Å². The Morgan fingerprint density at radius 1 is 1.16 bits per heavy atom. The van der Waals surface area contributed by atoms with Crippen molar-refractivity contribution in [2.45, 2.75) is 11.7 Å². The number of sulfone groups is 1. The monoisotopic (exact) mass is 358 g/mol. The molecule has 0 aliphatic carbocycles. The molecule has 2 aromatic rings. The molecule has 0 spiro atoms. The lowest BCUT2D eigenvalue weighted by Crippen LogP contribution is -2.27. The molecule has 1 fully saturated rings. The van der Waals surface area contributed by atoms with Gasteiger partial charge in [0.2, 0.25) is 15.0 Å². The van der Waals surface area contributed by atoms with Crippen molar-refractivity contribution in [1.29, 1.82) is 0 Å². The Labute approximate surface area is 144 Å². The first kappa shape index (κ1) is 16.8. The minimum atomic E-state index is -3.58. The van der Waals surface area contributed by atoms with Crippen LogP contribution in [0.5, 0.6) is 0 Å². The van der Waals surface area contributed by atoms with Crippen LogP contribution in [0.25, 0.3) is 6.08 Å². The SMILES string of the molecule is CS(=O)(=O)c1nccc(/C=C2\C(=O)NC(=O)N2Cc2ccccc2)n1. The molecule has 8 nitrogen and oxygen atoms in total. The van der Waals surface area contributed by atoms with Gasteiger partial charge in [-0.05, 0) is 17.7 Å². The summed E-state index contributed by atoms with van der Waals surface area (Å²) in [5.41, 5.74) is 1.15. The maximum atomic E-state index is 12.1. The van der Waals surface area contributed by atoms with Crippen molar-refractivity contribution in [2.24, 2.45) is 0 Å². The van der Waals surface area contributed by atoms with Crippen molar-refractivity contribution in [2.75, 3.05) is 6.26 Å². The van der Waals surface area contributed by atoms with Crippen molar-refractivity contribution in [3.63, 3.8) is 0 Å². The normalized spacial score (nSPS) is 16.4. The highest BCUT2D eigenvalue weighted by molar-refractivity contribution is 7.90. The zero-order valence-electron chi connectivity index (χ0n) is 13.2. The van der Waals surface area contributed by atoms with Crippen LogP contribution in [0.4, 0.5) is 4.79 Å².